The van der Waals surface area contributed by atoms with Crippen molar-refractivity contribution >= 4 is 5.91 Å². The molecular formula is C15H22F2N2O. The van der Waals surface area contributed by atoms with Crippen LogP contribution in [0, 0.1) is 11.6 Å². The second-order valence-corrected chi connectivity index (χ2v) is 6.05. The summed E-state index contributed by atoms with van der Waals surface area (Å²) in [5.41, 5.74) is 0.152. The first-order valence-electron chi connectivity index (χ1n) is 6.62. The van der Waals surface area contributed by atoms with Gasteiger partial charge >= 0.3 is 0 Å². The Bertz CT molecular complexity index is 463. The summed E-state index contributed by atoms with van der Waals surface area (Å²) in [7, 11) is 0. The fraction of sp³-hybridized carbons (Fsp3) is 0.533. The highest BCUT2D eigenvalue weighted by Gasteiger charge is 2.21. The smallest absolute Gasteiger partial charge is 0.237 e. The van der Waals surface area contributed by atoms with Crippen LogP contribution in [0.25, 0.3) is 0 Å². The molecule has 0 aliphatic rings. The van der Waals surface area contributed by atoms with Crippen LogP contribution in [0.2, 0.25) is 0 Å². The molecule has 1 aromatic carbocycles. The fourth-order valence-electron chi connectivity index (χ4n) is 1.85. The molecule has 0 saturated heterocycles. The molecular weight excluding hydrogens is 262 g/mol. The Morgan fingerprint density at radius 3 is 2.05 bits per heavy atom. The number of nitrogens with one attached hydrogen (secondary N) is 2. The van der Waals surface area contributed by atoms with Crippen LogP contribution in [0.4, 0.5) is 8.78 Å². The number of rotatable bonds is 4. The van der Waals surface area contributed by atoms with E-state index in [9.17, 15) is 13.6 Å². The number of hydrogen-bond donors (Lipinski definition) is 2. The standard InChI is InChI=1S/C15H22F2N2O/c1-9(11-6-12(16)8-13(17)7-11)18-10(2)14(20)19-15(3,4)5/h6-10,18H,1-5H3,(H,19,20). The van der Waals surface area contributed by atoms with Gasteiger partial charge in [0.1, 0.15) is 11.6 Å². The van der Waals surface area contributed by atoms with Crippen LogP contribution in [0.3, 0.4) is 0 Å². The normalized spacial score (nSPS) is 14.8. The van der Waals surface area contributed by atoms with Crippen molar-refractivity contribution in [1.82, 2.24) is 10.6 Å². The zero-order chi connectivity index (χ0) is 15.5. The number of halogens is 2. The van der Waals surface area contributed by atoms with E-state index in [-0.39, 0.29) is 17.5 Å². The first kappa shape index (κ1) is 16.6. The Morgan fingerprint density at radius 1 is 1.10 bits per heavy atom. The van der Waals surface area contributed by atoms with E-state index in [1.54, 1.807) is 13.8 Å². The van der Waals surface area contributed by atoms with Crippen LogP contribution in [0.5, 0.6) is 0 Å². The molecule has 1 rings (SSSR count). The van der Waals surface area contributed by atoms with Crippen molar-refractivity contribution in [2.24, 2.45) is 0 Å². The first-order chi connectivity index (χ1) is 9.08. The second-order valence-electron chi connectivity index (χ2n) is 6.05. The third-order valence-electron chi connectivity index (χ3n) is 2.78. The van der Waals surface area contributed by atoms with Crippen molar-refractivity contribution in [1.29, 1.82) is 0 Å². The Balaban J connectivity index is 2.70. The first-order valence-corrected chi connectivity index (χ1v) is 6.62. The van der Waals surface area contributed by atoms with E-state index in [2.05, 4.69) is 10.6 Å². The van der Waals surface area contributed by atoms with Gasteiger partial charge in [0.15, 0.2) is 0 Å². The van der Waals surface area contributed by atoms with Gasteiger partial charge in [-0.05, 0) is 52.3 Å². The van der Waals surface area contributed by atoms with Crippen molar-refractivity contribution in [2.45, 2.75) is 52.2 Å². The second kappa shape index (κ2) is 6.31. The molecule has 1 aromatic rings. The molecule has 3 nitrogen and oxygen atoms in total. The van der Waals surface area contributed by atoms with Crippen molar-refractivity contribution in [3.63, 3.8) is 0 Å². The van der Waals surface area contributed by atoms with Gasteiger partial charge in [0.25, 0.3) is 0 Å². The van der Waals surface area contributed by atoms with E-state index in [0.29, 0.717) is 5.56 Å². The van der Waals surface area contributed by atoms with Crippen LogP contribution >= 0.6 is 0 Å². The lowest BCUT2D eigenvalue weighted by molar-refractivity contribution is -0.124. The average molecular weight is 284 g/mol. The molecule has 20 heavy (non-hydrogen) atoms. The zero-order valence-electron chi connectivity index (χ0n) is 12.6. The van der Waals surface area contributed by atoms with E-state index in [1.165, 1.54) is 12.1 Å². The van der Waals surface area contributed by atoms with Crippen molar-refractivity contribution < 1.29 is 13.6 Å². The summed E-state index contributed by atoms with van der Waals surface area (Å²) in [5, 5.41) is 5.88. The topological polar surface area (TPSA) is 41.1 Å². The number of hydrogen-bond acceptors (Lipinski definition) is 2. The average Bonchev–Trinajstić information content (AvgIpc) is 2.25. The summed E-state index contributed by atoms with van der Waals surface area (Å²) in [4.78, 5) is 11.9. The SMILES string of the molecule is CC(NC(C)c1cc(F)cc(F)c1)C(=O)NC(C)(C)C. The minimum Gasteiger partial charge on any atom is -0.350 e. The summed E-state index contributed by atoms with van der Waals surface area (Å²) in [6, 6.07) is 2.55. The van der Waals surface area contributed by atoms with Crippen LogP contribution in [-0.2, 0) is 4.79 Å². The van der Waals surface area contributed by atoms with Gasteiger partial charge in [-0.2, -0.15) is 0 Å². The van der Waals surface area contributed by atoms with Crippen LogP contribution in [0.1, 0.15) is 46.2 Å². The highest BCUT2D eigenvalue weighted by molar-refractivity contribution is 5.81. The Morgan fingerprint density at radius 2 is 1.60 bits per heavy atom. The quantitative estimate of drug-likeness (QED) is 0.892. The van der Waals surface area contributed by atoms with Crippen molar-refractivity contribution in [2.75, 3.05) is 0 Å². The molecule has 2 atom stereocenters. The molecule has 0 radical (unpaired) electrons. The van der Waals surface area contributed by atoms with Gasteiger partial charge in [-0.15, -0.1) is 0 Å². The van der Waals surface area contributed by atoms with Gasteiger partial charge in [-0.25, -0.2) is 8.78 Å². The monoisotopic (exact) mass is 284 g/mol. The van der Waals surface area contributed by atoms with Crippen molar-refractivity contribution in [3.8, 4) is 0 Å². The third kappa shape index (κ3) is 5.25. The molecule has 0 fully saturated rings. The zero-order valence-corrected chi connectivity index (χ0v) is 12.6. The molecule has 1 amide bonds. The highest BCUT2D eigenvalue weighted by Crippen LogP contribution is 2.16. The van der Waals surface area contributed by atoms with E-state index in [4.69, 9.17) is 0 Å². The lowest BCUT2D eigenvalue weighted by atomic mass is 10.1. The molecule has 112 valence electrons. The molecule has 2 unspecified atom stereocenters. The summed E-state index contributed by atoms with van der Waals surface area (Å²) < 4.78 is 26.3. The maximum atomic E-state index is 13.2. The minimum absolute atomic E-state index is 0.152. The Kier molecular flexibility index (Phi) is 5.22. The Hall–Kier alpha value is -1.49. The number of carbonyl (C=O) groups excluding carboxylic acids is 1. The van der Waals surface area contributed by atoms with Gasteiger partial charge in [0.2, 0.25) is 5.91 Å². The van der Waals surface area contributed by atoms with Gasteiger partial charge in [-0.3, -0.25) is 10.1 Å². The lowest BCUT2D eigenvalue weighted by Gasteiger charge is -2.25. The largest absolute Gasteiger partial charge is 0.350 e. The fourth-order valence-corrected chi connectivity index (χ4v) is 1.85. The number of amides is 1. The molecule has 2 N–H and O–H groups in total. The lowest BCUT2D eigenvalue weighted by Crippen LogP contribution is -2.49. The highest BCUT2D eigenvalue weighted by atomic mass is 19.1. The van der Waals surface area contributed by atoms with Gasteiger partial charge in [0, 0.05) is 17.6 Å². The maximum absolute atomic E-state index is 13.2. The minimum atomic E-state index is -0.625. The van der Waals surface area contributed by atoms with E-state index in [1.807, 2.05) is 20.8 Å². The summed E-state index contributed by atoms with van der Waals surface area (Å²) in [5.74, 6) is -1.40. The third-order valence-corrected chi connectivity index (χ3v) is 2.78. The molecule has 0 saturated carbocycles. The van der Waals surface area contributed by atoms with Crippen LogP contribution < -0.4 is 10.6 Å². The number of benzene rings is 1. The molecule has 0 bridgehead atoms. The Labute approximate surface area is 118 Å². The molecule has 0 heterocycles. The summed E-state index contributed by atoms with van der Waals surface area (Å²) in [6.45, 7) is 9.15. The van der Waals surface area contributed by atoms with E-state index in [0.717, 1.165) is 6.07 Å². The van der Waals surface area contributed by atoms with Crippen molar-refractivity contribution in [3.05, 3.63) is 35.4 Å². The molecule has 5 heteroatoms. The van der Waals surface area contributed by atoms with Crippen LogP contribution in [0.15, 0.2) is 18.2 Å². The predicted octanol–water partition coefficient (Wildman–Crippen LogP) is 2.92. The molecule has 0 aliphatic carbocycles. The van der Waals surface area contributed by atoms with Gasteiger partial charge in [0.05, 0.1) is 6.04 Å². The van der Waals surface area contributed by atoms with E-state index >= 15 is 0 Å². The van der Waals surface area contributed by atoms with Gasteiger partial charge in [-0.1, -0.05) is 0 Å². The van der Waals surface area contributed by atoms with Crippen LogP contribution in [-0.4, -0.2) is 17.5 Å². The molecule has 0 aliphatic heterocycles. The van der Waals surface area contributed by atoms with E-state index < -0.39 is 17.7 Å². The predicted molar refractivity (Wildman–Crippen MR) is 75.3 cm³/mol. The van der Waals surface area contributed by atoms with Gasteiger partial charge < -0.3 is 5.32 Å². The number of carbonyl (C=O) groups is 1. The summed E-state index contributed by atoms with van der Waals surface area (Å²) >= 11 is 0. The molecule has 0 aromatic heterocycles. The molecule has 0 spiro atoms. The maximum Gasteiger partial charge on any atom is 0.237 e. The summed E-state index contributed by atoms with van der Waals surface area (Å²) in [6.07, 6.45) is 0.